The van der Waals surface area contributed by atoms with E-state index in [0.29, 0.717) is 22.1 Å². The highest BCUT2D eigenvalue weighted by Gasteiger charge is 2.19. The number of hydrogen-bond donors (Lipinski definition) is 2. The highest BCUT2D eigenvalue weighted by molar-refractivity contribution is 6.31. The monoisotopic (exact) mass is 473 g/mol. The Morgan fingerprint density at radius 3 is 2.74 bits per heavy atom. The molecule has 1 amide bonds. The van der Waals surface area contributed by atoms with Gasteiger partial charge in [-0.3, -0.25) is 19.4 Å². The molecule has 0 atom stereocenters. The van der Waals surface area contributed by atoms with Gasteiger partial charge in [0.25, 0.3) is 11.5 Å². The largest absolute Gasteiger partial charge is 0.467 e. The van der Waals surface area contributed by atoms with Crippen LogP contribution in [0, 0.1) is 12.3 Å². The Balaban J connectivity index is 1.68. The van der Waals surface area contributed by atoms with Crippen LogP contribution in [0.4, 0.5) is 0 Å². The minimum absolute atomic E-state index is 0.0533. The summed E-state index contributed by atoms with van der Waals surface area (Å²) in [6.07, 6.45) is 3.17. The molecule has 0 spiro atoms. The number of pyridine rings is 2. The first kappa shape index (κ1) is 21.7. The van der Waals surface area contributed by atoms with Gasteiger partial charge in [-0.05, 0) is 48.4 Å². The average Bonchev–Trinajstić information content (AvgIpc) is 3.34. The number of benzene rings is 1. The maximum Gasteiger partial charge on any atom is 0.267 e. The number of carbonyl (C=O) groups is 1. The number of nitrogens with zero attached hydrogens (tertiary/aromatic N) is 3. The molecular formula is C25H20ClN5O3. The molecule has 0 unspecified atom stereocenters. The molecule has 0 aliphatic rings. The molecule has 1 aromatic carbocycles. The molecule has 0 bridgehead atoms. The molecule has 34 heavy (non-hydrogen) atoms. The van der Waals surface area contributed by atoms with E-state index in [1.165, 1.54) is 21.3 Å². The number of carbonyl (C=O) groups excluding carboxylic acids is 1. The normalized spacial score (nSPS) is 11.2. The summed E-state index contributed by atoms with van der Waals surface area (Å²) in [5.74, 6) is 0.0777. The lowest BCUT2D eigenvalue weighted by atomic mass is 10.1. The molecule has 4 heterocycles. The minimum Gasteiger partial charge on any atom is -0.467 e. The summed E-state index contributed by atoms with van der Waals surface area (Å²) in [6, 6.07) is 15.8. The number of halogens is 1. The van der Waals surface area contributed by atoms with Crippen LogP contribution in [-0.2, 0) is 13.1 Å². The van der Waals surface area contributed by atoms with Crippen LogP contribution < -0.4 is 16.4 Å². The first-order valence-corrected chi connectivity index (χ1v) is 11.0. The van der Waals surface area contributed by atoms with Crippen molar-refractivity contribution in [2.75, 3.05) is 0 Å². The number of hydrogen-bond acceptors (Lipinski definition) is 5. The fraction of sp³-hybridized carbons (Fsp3) is 0.120. The van der Waals surface area contributed by atoms with Crippen molar-refractivity contribution in [3.05, 3.63) is 110 Å². The van der Waals surface area contributed by atoms with E-state index in [2.05, 4.69) is 5.32 Å². The smallest absolute Gasteiger partial charge is 0.267 e. The van der Waals surface area contributed by atoms with Gasteiger partial charge in [0, 0.05) is 17.8 Å². The van der Waals surface area contributed by atoms with Crippen molar-refractivity contribution in [1.82, 2.24) is 19.3 Å². The molecule has 8 nitrogen and oxygen atoms in total. The van der Waals surface area contributed by atoms with E-state index in [-0.39, 0.29) is 35.1 Å². The number of aromatic nitrogens is 3. The Labute approximate surface area is 198 Å². The van der Waals surface area contributed by atoms with Gasteiger partial charge in [0.2, 0.25) is 0 Å². The molecule has 5 rings (SSSR count). The van der Waals surface area contributed by atoms with Crippen LogP contribution in [0.3, 0.4) is 0 Å². The molecule has 4 aromatic heterocycles. The third-order valence-electron chi connectivity index (χ3n) is 5.67. The van der Waals surface area contributed by atoms with Gasteiger partial charge in [0.1, 0.15) is 22.5 Å². The number of amides is 1. The molecule has 0 saturated heterocycles. The van der Waals surface area contributed by atoms with E-state index in [1.807, 2.05) is 31.2 Å². The highest BCUT2D eigenvalue weighted by atomic mass is 35.5. The zero-order valence-electron chi connectivity index (χ0n) is 18.2. The third-order valence-corrected chi connectivity index (χ3v) is 6.04. The van der Waals surface area contributed by atoms with E-state index in [4.69, 9.17) is 26.4 Å². The lowest BCUT2D eigenvalue weighted by Gasteiger charge is -2.15. The van der Waals surface area contributed by atoms with Gasteiger partial charge in [0.05, 0.1) is 23.8 Å². The average molecular weight is 474 g/mol. The Hall–Kier alpha value is -4.17. The first-order valence-electron chi connectivity index (χ1n) is 10.6. The quantitative estimate of drug-likeness (QED) is 0.380. The van der Waals surface area contributed by atoms with Gasteiger partial charge in [-0.1, -0.05) is 35.9 Å². The summed E-state index contributed by atoms with van der Waals surface area (Å²) >= 11 is 6.20. The second kappa shape index (κ2) is 8.64. The number of nitrogens with one attached hydrogen (secondary N) is 2. The van der Waals surface area contributed by atoms with Gasteiger partial charge in [0.15, 0.2) is 0 Å². The molecule has 5 aromatic rings. The maximum atomic E-state index is 13.4. The van der Waals surface area contributed by atoms with Gasteiger partial charge >= 0.3 is 0 Å². The molecule has 2 N–H and O–H groups in total. The number of fused-ring (bicyclic) bond motifs is 2. The van der Waals surface area contributed by atoms with Crippen LogP contribution in [0.2, 0.25) is 5.02 Å². The van der Waals surface area contributed by atoms with Crippen LogP contribution in [0.5, 0.6) is 0 Å². The summed E-state index contributed by atoms with van der Waals surface area (Å²) in [4.78, 5) is 31.2. The van der Waals surface area contributed by atoms with Crippen molar-refractivity contribution in [2.24, 2.45) is 0 Å². The highest BCUT2D eigenvalue weighted by Crippen LogP contribution is 2.16. The van der Waals surface area contributed by atoms with E-state index < -0.39 is 5.91 Å². The van der Waals surface area contributed by atoms with Crippen molar-refractivity contribution in [2.45, 2.75) is 20.0 Å². The Morgan fingerprint density at radius 1 is 1.15 bits per heavy atom. The molecular weight excluding hydrogens is 454 g/mol. The van der Waals surface area contributed by atoms with Gasteiger partial charge in [-0.15, -0.1) is 0 Å². The zero-order valence-corrected chi connectivity index (χ0v) is 19.0. The fourth-order valence-electron chi connectivity index (χ4n) is 3.89. The lowest BCUT2D eigenvalue weighted by Crippen LogP contribution is -2.35. The number of furan rings is 1. The van der Waals surface area contributed by atoms with Crippen molar-refractivity contribution in [3.63, 3.8) is 0 Å². The van der Waals surface area contributed by atoms with E-state index in [1.54, 1.807) is 30.5 Å². The Kier molecular flexibility index (Phi) is 5.51. The van der Waals surface area contributed by atoms with Gasteiger partial charge in [-0.2, -0.15) is 0 Å². The summed E-state index contributed by atoms with van der Waals surface area (Å²) in [6.45, 7) is 2.19. The van der Waals surface area contributed by atoms with Crippen LogP contribution in [0.25, 0.3) is 16.7 Å². The molecule has 0 radical (unpaired) electrons. The van der Waals surface area contributed by atoms with E-state index in [0.717, 1.165) is 11.1 Å². The number of aryl methyl sites for hydroxylation is 1. The summed E-state index contributed by atoms with van der Waals surface area (Å²) in [5.41, 5.74) is 2.02. The second-order valence-electron chi connectivity index (χ2n) is 7.89. The molecule has 0 fully saturated rings. The van der Waals surface area contributed by atoms with Gasteiger partial charge < -0.3 is 14.3 Å². The molecule has 0 saturated carbocycles. The standard InChI is InChI=1S/C25H20ClN5O3/c1-15-6-4-10-30-22(15)29-23-19(25(30)33)12-18(21(27)31(23)14-17-8-5-11-34-17)24(32)28-13-16-7-2-3-9-20(16)26/h2-12,27H,13-14H2,1H3,(H,28,32). The van der Waals surface area contributed by atoms with Crippen molar-refractivity contribution >= 4 is 34.2 Å². The zero-order chi connectivity index (χ0) is 23.8. The summed E-state index contributed by atoms with van der Waals surface area (Å²) in [7, 11) is 0. The van der Waals surface area contributed by atoms with Crippen LogP contribution in [-0.4, -0.2) is 19.9 Å². The fourth-order valence-corrected chi connectivity index (χ4v) is 4.10. The second-order valence-corrected chi connectivity index (χ2v) is 8.29. The van der Waals surface area contributed by atoms with E-state index >= 15 is 0 Å². The van der Waals surface area contributed by atoms with E-state index in [9.17, 15) is 9.59 Å². The third kappa shape index (κ3) is 3.78. The van der Waals surface area contributed by atoms with Crippen molar-refractivity contribution in [3.8, 4) is 0 Å². The van der Waals surface area contributed by atoms with Crippen molar-refractivity contribution in [1.29, 1.82) is 5.41 Å². The minimum atomic E-state index is -0.492. The van der Waals surface area contributed by atoms with Crippen LogP contribution in [0.15, 0.2) is 76.3 Å². The summed E-state index contributed by atoms with van der Waals surface area (Å²) < 4.78 is 8.44. The molecule has 9 heteroatoms. The van der Waals surface area contributed by atoms with Crippen LogP contribution >= 0.6 is 11.6 Å². The van der Waals surface area contributed by atoms with Gasteiger partial charge in [-0.25, -0.2) is 4.98 Å². The Morgan fingerprint density at radius 2 is 1.97 bits per heavy atom. The van der Waals surface area contributed by atoms with Crippen LogP contribution in [0.1, 0.15) is 27.2 Å². The predicted octanol–water partition coefficient (Wildman–Crippen LogP) is 3.66. The summed E-state index contributed by atoms with van der Waals surface area (Å²) in [5, 5.41) is 12.4. The molecule has 170 valence electrons. The lowest BCUT2D eigenvalue weighted by molar-refractivity contribution is 0.0948. The predicted molar refractivity (Wildman–Crippen MR) is 128 cm³/mol. The Bertz CT molecular complexity index is 1670. The topological polar surface area (TPSA) is 105 Å². The SMILES string of the molecule is Cc1cccn2c(=O)c3cc(C(=O)NCc4ccccc4Cl)c(=N)n(Cc4ccco4)c3nc12. The first-order chi connectivity index (χ1) is 16.4. The van der Waals surface area contributed by atoms with Crippen molar-refractivity contribution < 1.29 is 9.21 Å². The maximum absolute atomic E-state index is 13.4. The number of rotatable bonds is 5. The molecule has 0 aliphatic heterocycles. The molecule has 0 aliphatic carbocycles.